The molecule has 0 saturated carbocycles. The van der Waals surface area contributed by atoms with Gasteiger partial charge in [0.15, 0.2) is 0 Å². The minimum Gasteiger partial charge on any atom is -0.299 e. The Bertz CT molecular complexity index is 192. The molecule has 0 aromatic heterocycles. The topological polar surface area (TPSA) is 17.1 Å². The molecule has 0 saturated heterocycles. The van der Waals surface area contributed by atoms with E-state index in [-0.39, 0.29) is 10.6 Å². The second kappa shape index (κ2) is 13.6. The van der Waals surface area contributed by atoms with Crippen molar-refractivity contribution in [1.82, 2.24) is 0 Å². The summed E-state index contributed by atoms with van der Waals surface area (Å²) in [5.41, 5.74) is 0. The zero-order valence-corrected chi connectivity index (χ0v) is 13.5. The van der Waals surface area contributed by atoms with E-state index in [2.05, 4.69) is 15.9 Å². The minimum absolute atomic E-state index is 0.0834. The van der Waals surface area contributed by atoms with Crippen LogP contribution in [0.3, 0.4) is 0 Å². The predicted octanol–water partition coefficient (Wildman–Crippen LogP) is 5.73. The number of carbonyl (C=O) groups is 1. The van der Waals surface area contributed by atoms with Crippen LogP contribution in [-0.4, -0.2) is 10.6 Å². The second-order valence-corrected chi connectivity index (χ2v) is 6.30. The molecule has 0 bridgehead atoms. The molecule has 0 aliphatic carbocycles. The van der Waals surface area contributed by atoms with Crippen LogP contribution in [0.15, 0.2) is 0 Å². The van der Waals surface area contributed by atoms with Crippen molar-refractivity contribution in [3.05, 3.63) is 6.92 Å². The maximum Gasteiger partial charge on any atom is 0.143 e. The number of Topliss-reactive ketones (excluding diaryl/α,β-unsaturated/α-hetero) is 1. The Morgan fingerprint density at radius 1 is 0.889 bits per heavy atom. The van der Waals surface area contributed by atoms with E-state index in [4.69, 9.17) is 6.92 Å². The molecular weight excluding hydrogens is 288 g/mol. The predicted molar refractivity (Wildman–Crippen MR) is 83.1 cm³/mol. The van der Waals surface area contributed by atoms with Gasteiger partial charge < -0.3 is 0 Å². The SMILES string of the molecule is [CH]CCCCCCCCCCCCC(Br)C(C)=O. The lowest BCUT2D eigenvalue weighted by molar-refractivity contribution is -0.116. The quantitative estimate of drug-likeness (QED) is 0.313. The number of hydrogen-bond acceptors (Lipinski definition) is 1. The van der Waals surface area contributed by atoms with Gasteiger partial charge in [0.05, 0.1) is 4.83 Å². The van der Waals surface area contributed by atoms with E-state index in [9.17, 15) is 4.79 Å². The van der Waals surface area contributed by atoms with Crippen molar-refractivity contribution in [1.29, 1.82) is 0 Å². The first-order valence-electron chi connectivity index (χ1n) is 7.53. The lowest BCUT2D eigenvalue weighted by atomic mass is 10.0. The smallest absolute Gasteiger partial charge is 0.143 e. The van der Waals surface area contributed by atoms with Crippen molar-refractivity contribution in [2.24, 2.45) is 0 Å². The number of alkyl halides is 1. The lowest BCUT2D eigenvalue weighted by Gasteiger charge is -2.05. The van der Waals surface area contributed by atoms with Gasteiger partial charge in [-0.2, -0.15) is 0 Å². The third-order valence-electron chi connectivity index (χ3n) is 3.35. The fraction of sp³-hybridized carbons (Fsp3) is 0.875. The van der Waals surface area contributed by atoms with Crippen LogP contribution in [0.4, 0.5) is 0 Å². The molecule has 0 aromatic rings. The Kier molecular flexibility index (Phi) is 13.7. The van der Waals surface area contributed by atoms with Gasteiger partial charge in [-0.1, -0.05) is 80.1 Å². The second-order valence-electron chi connectivity index (χ2n) is 5.19. The molecule has 1 atom stereocenters. The maximum atomic E-state index is 11.0. The Hall–Kier alpha value is 0.150. The van der Waals surface area contributed by atoms with Crippen LogP contribution in [-0.2, 0) is 4.79 Å². The van der Waals surface area contributed by atoms with Crippen molar-refractivity contribution in [2.75, 3.05) is 0 Å². The average molecular weight is 317 g/mol. The van der Waals surface area contributed by atoms with E-state index in [0.717, 1.165) is 12.8 Å². The van der Waals surface area contributed by atoms with Gasteiger partial charge in [-0.15, -0.1) is 0 Å². The number of rotatable bonds is 13. The number of unbranched alkanes of at least 4 members (excludes halogenated alkanes) is 10. The summed E-state index contributed by atoms with van der Waals surface area (Å²) in [7, 11) is 0. The van der Waals surface area contributed by atoms with E-state index >= 15 is 0 Å². The summed E-state index contributed by atoms with van der Waals surface area (Å²) in [6.07, 6.45) is 14.9. The molecule has 1 unspecified atom stereocenters. The molecular formula is C16H29BrO. The van der Waals surface area contributed by atoms with E-state index in [0.29, 0.717) is 0 Å². The highest BCUT2D eigenvalue weighted by Crippen LogP contribution is 2.15. The number of carbonyl (C=O) groups excluding carboxylic acids is 1. The van der Waals surface area contributed by atoms with Crippen molar-refractivity contribution in [2.45, 2.75) is 88.8 Å². The molecule has 0 N–H and O–H groups in total. The Morgan fingerprint density at radius 3 is 1.67 bits per heavy atom. The number of hydrogen-bond donors (Lipinski definition) is 0. The third-order valence-corrected chi connectivity index (χ3v) is 4.46. The lowest BCUT2D eigenvalue weighted by Crippen LogP contribution is -2.08. The molecule has 0 aliphatic heterocycles. The zero-order chi connectivity index (χ0) is 13.6. The van der Waals surface area contributed by atoms with Crippen LogP contribution in [0.2, 0.25) is 0 Å². The summed E-state index contributed by atoms with van der Waals surface area (Å²) >= 11 is 3.41. The summed E-state index contributed by atoms with van der Waals surface area (Å²) in [5, 5.41) is 0. The highest BCUT2D eigenvalue weighted by molar-refractivity contribution is 9.10. The first-order chi connectivity index (χ1) is 8.68. The van der Waals surface area contributed by atoms with E-state index in [1.54, 1.807) is 6.92 Å². The Morgan fingerprint density at radius 2 is 1.28 bits per heavy atom. The first kappa shape index (κ1) is 18.1. The number of ketones is 1. The molecule has 0 heterocycles. The van der Waals surface area contributed by atoms with Gasteiger partial charge in [0.25, 0.3) is 0 Å². The molecule has 0 fully saturated rings. The summed E-state index contributed by atoms with van der Waals surface area (Å²) in [6, 6.07) is 0. The van der Waals surface area contributed by atoms with Crippen LogP contribution >= 0.6 is 15.9 Å². The molecule has 0 spiro atoms. The molecule has 0 aromatic carbocycles. The Labute approximate surface area is 122 Å². The Balaban J connectivity index is 3.05. The van der Waals surface area contributed by atoms with Gasteiger partial charge in [-0.25, -0.2) is 0 Å². The zero-order valence-electron chi connectivity index (χ0n) is 11.9. The molecule has 106 valence electrons. The summed E-state index contributed by atoms with van der Waals surface area (Å²) < 4.78 is 0. The highest BCUT2D eigenvalue weighted by atomic mass is 79.9. The molecule has 2 radical (unpaired) electrons. The standard InChI is InChI=1S/C16H29BrO/c1-3-4-5-6-7-8-9-10-11-12-13-14-16(17)15(2)18/h1,16H,3-14H2,2H3. The summed E-state index contributed by atoms with van der Waals surface area (Å²) in [6.45, 7) is 7.11. The normalized spacial score (nSPS) is 12.6. The molecule has 2 heteroatoms. The van der Waals surface area contributed by atoms with Crippen molar-refractivity contribution in [3.8, 4) is 0 Å². The fourth-order valence-electron chi connectivity index (χ4n) is 2.09. The van der Waals surface area contributed by atoms with Crippen molar-refractivity contribution in [3.63, 3.8) is 0 Å². The van der Waals surface area contributed by atoms with E-state index < -0.39 is 0 Å². The van der Waals surface area contributed by atoms with Crippen LogP contribution in [0, 0.1) is 6.92 Å². The number of halogens is 1. The third kappa shape index (κ3) is 12.6. The summed E-state index contributed by atoms with van der Waals surface area (Å²) in [4.78, 5) is 11.1. The van der Waals surface area contributed by atoms with Crippen molar-refractivity contribution < 1.29 is 4.79 Å². The average Bonchev–Trinajstić information content (AvgIpc) is 2.35. The van der Waals surface area contributed by atoms with Crippen molar-refractivity contribution >= 4 is 21.7 Å². The summed E-state index contributed by atoms with van der Waals surface area (Å²) in [5.74, 6) is 0.257. The fourth-order valence-corrected chi connectivity index (χ4v) is 2.41. The molecule has 0 rings (SSSR count). The molecule has 1 nitrogen and oxygen atoms in total. The van der Waals surface area contributed by atoms with E-state index in [1.165, 1.54) is 64.2 Å². The molecule has 0 amide bonds. The first-order valence-corrected chi connectivity index (χ1v) is 8.44. The monoisotopic (exact) mass is 316 g/mol. The van der Waals surface area contributed by atoms with Crippen LogP contribution < -0.4 is 0 Å². The van der Waals surface area contributed by atoms with Crippen LogP contribution in [0.25, 0.3) is 0 Å². The van der Waals surface area contributed by atoms with Gasteiger partial charge in [0.2, 0.25) is 0 Å². The maximum absolute atomic E-state index is 11.0. The van der Waals surface area contributed by atoms with Crippen LogP contribution in [0.1, 0.15) is 84.0 Å². The molecule has 0 aliphatic rings. The van der Waals surface area contributed by atoms with Crippen LogP contribution in [0.5, 0.6) is 0 Å². The van der Waals surface area contributed by atoms with Gasteiger partial charge >= 0.3 is 0 Å². The molecule has 18 heavy (non-hydrogen) atoms. The van der Waals surface area contributed by atoms with E-state index in [1.807, 2.05) is 0 Å². The minimum atomic E-state index is 0.0834. The largest absolute Gasteiger partial charge is 0.299 e. The van der Waals surface area contributed by atoms with Gasteiger partial charge in [-0.3, -0.25) is 4.79 Å². The van der Waals surface area contributed by atoms with Gasteiger partial charge in [0, 0.05) is 0 Å². The highest BCUT2D eigenvalue weighted by Gasteiger charge is 2.07. The van der Waals surface area contributed by atoms with Gasteiger partial charge in [0.1, 0.15) is 5.78 Å². The van der Waals surface area contributed by atoms with Gasteiger partial charge in [-0.05, 0) is 26.7 Å².